The van der Waals surface area contributed by atoms with Crippen LogP contribution < -0.4 is 5.32 Å². The number of carbonyl (C=O) groups is 1. The minimum absolute atomic E-state index is 0.0169. The lowest BCUT2D eigenvalue weighted by Gasteiger charge is -2.21. The standard InChI is InChI=1S/C16H22N2O3/c1-2-9-18(10-11-19)16(20)17-8-7-14-12-13-5-3-4-6-15(13)21-14/h3-6,12,19H,2,7-11H2,1H3,(H,17,20). The van der Waals surface area contributed by atoms with Crippen LogP contribution in [0.2, 0.25) is 0 Å². The highest BCUT2D eigenvalue weighted by Gasteiger charge is 2.11. The number of amides is 2. The maximum atomic E-state index is 12.0. The molecule has 0 radical (unpaired) electrons. The van der Waals surface area contributed by atoms with Crippen LogP contribution in [0.3, 0.4) is 0 Å². The highest BCUT2D eigenvalue weighted by atomic mass is 16.3. The molecule has 1 aromatic carbocycles. The summed E-state index contributed by atoms with van der Waals surface area (Å²) in [4.78, 5) is 13.6. The molecule has 0 aliphatic rings. The fraction of sp³-hybridized carbons (Fsp3) is 0.438. The normalized spacial score (nSPS) is 10.8. The van der Waals surface area contributed by atoms with Crippen LogP contribution in [0.1, 0.15) is 19.1 Å². The maximum absolute atomic E-state index is 12.0. The Morgan fingerprint density at radius 3 is 2.86 bits per heavy atom. The zero-order chi connectivity index (χ0) is 15.1. The van der Waals surface area contributed by atoms with E-state index in [1.807, 2.05) is 37.3 Å². The summed E-state index contributed by atoms with van der Waals surface area (Å²) in [5.41, 5.74) is 0.867. The molecule has 0 unspecified atom stereocenters. The Kier molecular flexibility index (Phi) is 5.63. The van der Waals surface area contributed by atoms with Gasteiger partial charge in [-0.3, -0.25) is 0 Å². The second-order valence-corrected chi connectivity index (χ2v) is 4.94. The predicted octanol–water partition coefficient (Wildman–Crippen LogP) is 2.39. The minimum Gasteiger partial charge on any atom is -0.461 e. The van der Waals surface area contributed by atoms with Crippen LogP contribution in [-0.2, 0) is 6.42 Å². The summed E-state index contributed by atoms with van der Waals surface area (Å²) in [6.45, 7) is 3.52. The van der Waals surface area contributed by atoms with Gasteiger partial charge in [0.05, 0.1) is 6.61 Å². The molecular formula is C16H22N2O3. The molecule has 2 N–H and O–H groups in total. The predicted molar refractivity (Wildman–Crippen MR) is 82.3 cm³/mol. The average Bonchev–Trinajstić information content (AvgIpc) is 2.89. The van der Waals surface area contributed by atoms with E-state index in [0.29, 0.717) is 26.1 Å². The third-order valence-corrected chi connectivity index (χ3v) is 3.27. The summed E-state index contributed by atoms with van der Waals surface area (Å²) >= 11 is 0. The first-order valence-corrected chi connectivity index (χ1v) is 7.35. The molecule has 2 rings (SSSR count). The van der Waals surface area contributed by atoms with Gasteiger partial charge in [0, 0.05) is 31.4 Å². The number of rotatable bonds is 7. The monoisotopic (exact) mass is 290 g/mol. The van der Waals surface area contributed by atoms with Crippen molar-refractivity contribution in [2.75, 3.05) is 26.2 Å². The molecule has 2 aromatic rings. The van der Waals surface area contributed by atoms with Gasteiger partial charge in [0.25, 0.3) is 0 Å². The van der Waals surface area contributed by atoms with Gasteiger partial charge < -0.3 is 19.7 Å². The number of carbonyl (C=O) groups excluding carboxylic acids is 1. The highest BCUT2D eigenvalue weighted by Crippen LogP contribution is 2.18. The molecule has 0 spiro atoms. The molecule has 21 heavy (non-hydrogen) atoms. The van der Waals surface area contributed by atoms with Gasteiger partial charge in [0.15, 0.2) is 0 Å². The largest absolute Gasteiger partial charge is 0.461 e. The zero-order valence-electron chi connectivity index (χ0n) is 12.3. The number of nitrogens with zero attached hydrogens (tertiary/aromatic N) is 1. The number of hydrogen-bond acceptors (Lipinski definition) is 3. The molecule has 0 fully saturated rings. The number of fused-ring (bicyclic) bond motifs is 1. The highest BCUT2D eigenvalue weighted by molar-refractivity contribution is 5.77. The number of furan rings is 1. The summed E-state index contributed by atoms with van der Waals surface area (Å²) in [6.07, 6.45) is 1.52. The second kappa shape index (κ2) is 7.69. The van der Waals surface area contributed by atoms with Crippen LogP contribution in [0.15, 0.2) is 34.7 Å². The van der Waals surface area contributed by atoms with Gasteiger partial charge in [-0.05, 0) is 18.6 Å². The Bertz CT molecular complexity index is 541. The van der Waals surface area contributed by atoms with Crippen molar-refractivity contribution in [1.29, 1.82) is 0 Å². The van der Waals surface area contributed by atoms with Crippen LogP contribution in [0.5, 0.6) is 0 Å². The van der Waals surface area contributed by atoms with Gasteiger partial charge in [0.2, 0.25) is 0 Å². The molecule has 0 bridgehead atoms. The molecule has 0 aliphatic carbocycles. The van der Waals surface area contributed by atoms with Gasteiger partial charge >= 0.3 is 6.03 Å². The Labute approximate surface area is 124 Å². The molecule has 5 nitrogen and oxygen atoms in total. The van der Waals surface area contributed by atoms with Crippen molar-refractivity contribution >= 4 is 17.0 Å². The quantitative estimate of drug-likeness (QED) is 0.823. The van der Waals surface area contributed by atoms with Crippen molar-refractivity contribution in [3.63, 3.8) is 0 Å². The summed E-state index contributed by atoms with van der Waals surface area (Å²) in [6, 6.07) is 9.71. The first-order valence-electron chi connectivity index (χ1n) is 7.35. The van der Waals surface area contributed by atoms with E-state index in [-0.39, 0.29) is 12.6 Å². The van der Waals surface area contributed by atoms with Crippen molar-refractivity contribution in [2.45, 2.75) is 19.8 Å². The van der Waals surface area contributed by atoms with E-state index in [2.05, 4.69) is 5.32 Å². The summed E-state index contributed by atoms with van der Waals surface area (Å²) in [5, 5.41) is 12.9. The van der Waals surface area contributed by atoms with Crippen molar-refractivity contribution < 1.29 is 14.3 Å². The van der Waals surface area contributed by atoms with Gasteiger partial charge in [-0.2, -0.15) is 0 Å². The van der Waals surface area contributed by atoms with Crippen LogP contribution in [0, 0.1) is 0 Å². The van der Waals surface area contributed by atoms with Gasteiger partial charge in [-0.15, -0.1) is 0 Å². The molecule has 0 aliphatic heterocycles. The molecule has 5 heteroatoms. The van der Waals surface area contributed by atoms with E-state index in [0.717, 1.165) is 23.2 Å². The lowest BCUT2D eigenvalue weighted by molar-refractivity contribution is 0.177. The van der Waals surface area contributed by atoms with E-state index in [9.17, 15) is 4.79 Å². The van der Waals surface area contributed by atoms with E-state index < -0.39 is 0 Å². The fourth-order valence-electron chi connectivity index (χ4n) is 2.27. The van der Waals surface area contributed by atoms with Gasteiger partial charge in [-0.25, -0.2) is 4.79 Å². The fourth-order valence-corrected chi connectivity index (χ4v) is 2.27. The number of hydrogen-bond donors (Lipinski definition) is 2. The lowest BCUT2D eigenvalue weighted by Crippen LogP contribution is -2.42. The number of benzene rings is 1. The van der Waals surface area contributed by atoms with E-state index in [4.69, 9.17) is 9.52 Å². The van der Waals surface area contributed by atoms with E-state index in [1.165, 1.54) is 0 Å². The van der Waals surface area contributed by atoms with Crippen LogP contribution in [0.4, 0.5) is 4.79 Å². The third kappa shape index (κ3) is 4.23. The number of aliphatic hydroxyl groups is 1. The van der Waals surface area contributed by atoms with Crippen molar-refractivity contribution in [1.82, 2.24) is 10.2 Å². The number of para-hydroxylation sites is 1. The van der Waals surface area contributed by atoms with Crippen LogP contribution in [0.25, 0.3) is 11.0 Å². The molecule has 114 valence electrons. The van der Waals surface area contributed by atoms with Crippen LogP contribution in [-0.4, -0.2) is 42.3 Å². The molecule has 1 aromatic heterocycles. The lowest BCUT2D eigenvalue weighted by atomic mass is 10.2. The SMILES string of the molecule is CCCN(CCO)C(=O)NCCc1cc2ccccc2o1. The molecular weight excluding hydrogens is 268 g/mol. The third-order valence-electron chi connectivity index (χ3n) is 3.27. The first-order chi connectivity index (χ1) is 10.2. The smallest absolute Gasteiger partial charge is 0.317 e. The first kappa shape index (κ1) is 15.4. The molecule has 0 atom stereocenters. The number of nitrogens with one attached hydrogen (secondary N) is 1. The number of aliphatic hydroxyl groups excluding tert-OH is 1. The topological polar surface area (TPSA) is 65.7 Å². The molecule has 0 saturated heterocycles. The Balaban J connectivity index is 1.83. The molecule has 0 saturated carbocycles. The Hall–Kier alpha value is -2.01. The van der Waals surface area contributed by atoms with Gasteiger partial charge in [0.1, 0.15) is 11.3 Å². The maximum Gasteiger partial charge on any atom is 0.317 e. The summed E-state index contributed by atoms with van der Waals surface area (Å²) in [7, 11) is 0. The minimum atomic E-state index is -0.137. The molecule has 1 heterocycles. The van der Waals surface area contributed by atoms with Crippen molar-refractivity contribution in [3.05, 3.63) is 36.1 Å². The molecule has 2 amide bonds. The van der Waals surface area contributed by atoms with Crippen molar-refractivity contribution in [3.8, 4) is 0 Å². The number of urea groups is 1. The zero-order valence-corrected chi connectivity index (χ0v) is 12.3. The summed E-state index contributed by atoms with van der Waals surface area (Å²) in [5.74, 6) is 0.862. The second-order valence-electron chi connectivity index (χ2n) is 4.94. The van der Waals surface area contributed by atoms with E-state index in [1.54, 1.807) is 4.90 Å². The van der Waals surface area contributed by atoms with E-state index >= 15 is 0 Å². The van der Waals surface area contributed by atoms with Crippen LogP contribution >= 0.6 is 0 Å². The average molecular weight is 290 g/mol. The van der Waals surface area contributed by atoms with Crippen molar-refractivity contribution in [2.24, 2.45) is 0 Å². The Morgan fingerprint density at radius 1 is 1.33 bits per heavy atom. The van der Waals surface area contributed by atoms with Gasteiger partial charge in [-0.1, -0.05) is 25.1 Å². The summed E-state index contributed by atoms with van der Waals surface area (Å²) < 4.78 is 5.70. The Morgan fingerprint density at radius 2 is 2.14 bits per heavy atom.